The van der Waals surface area contributed by atoms with Crippen molar-refractivity contribution in [2.45, 2.75) is 26.7 Å². The van der Waals surface area contributed by atoms with Gasteiger partial charge in [0.2, 0.25) is 0 Å². The zero-order chi connectivity index (χ0) is 13.7. The van der Waals surface area contributed by atoms with Crippen molar-refractivity contribution in [3.63, 3.8) is 0 Å². The molecule has 0 radical (unpaired) electrons. The van der Waals surface area contributed by atoms with Gasteiger partial charge in [-0.3, -0.25) is 9.36 Å². The summed E-state index contributed by atoms with van der Waals surface area (Å²) in [5, 5.41) is 0.660. The molecule has 3 nitrogen and oxygen atoms in total. The summed E-state index contributed by atoms with van der Waals surface area (Å²) in [7, 11) is 0. The lowest BCUT2D eigenvalue weighted by Crippen LogP contribution is -2.21. The van der Waals surface area contributed by atoms with Gasteiger partial charge in [0.15, 0.2) is 0 Å². The first-order valence-corrected chi connectivity index (χ1v) is 6.57. The van der Waals surface area contributed by atoms with Gasteiger partial charge in [0.05, 0.1) is 10.9 Å². The topological polar surface area (TPSA) is 34.9 Å². The molecule has 0 spiro atoms. The van der Waals surface area contributed by atoms with Crippen LogP contribution in [0.5, 0.6) is 0 Å². The molecule has 2 rings (SSSR count). The summed E-state index contributed by atoms with van der Waals surface area (Å²) >= 11 is 0. The first-order valence-electron chi connectivity index (χ1n) is 6.57. The van der Waals surface area contributed by atoms with Gasteiger partial charge in [-0.25, -0.2) is 4.98 Å². The molecule has 2 aromatic rings. The van der Waals surface area contributed by atoms with E-state index in [2.05, 4.69) is 11.9 Å². The largest absolute Gasteiger partial charge is 0.271 e. The van der Waals surface area contributed by atoms with Crippen molar-refractivity contribution in [3.05, 3.63) is 58.7 Å². The molecule has 0 saturated heterocycles. The van der Waals surface area contributed by atoms with Gasteiger partial charge in [0.25, 0.3) is 5.56 Å². The SMILES string of the molecule is C/C=C\C=C\n1c(CCC)nc2ccccc2c1=O. The van der Waals surface area contributed by atoms with Gasteiger partial charge in [-0.1, -0.05) is 31.2 Å². The predicted molar refractivity (Wildman–Crippen MR) is 80.1 cm³/mol. The van der Waals surface area contributed by atoms with Crippen molar-refractivity contribution in [1.82, 2.24) is 9.55 Å². The number of benzene rings is 1. The van der Waals surface area contributed by atoms with E-state index in [1.807, 2.05) is 49.4 Å². The minimum absolute atomic E-state index is 0.00481. The molecule has 0 saturated carbocycles. The van der Waals surface area contributed by atoms with Crippen LogP contribution in [0.4, 0.5) is 0 Å². The fraction of sp³-hybridized carbons (Fsp3) is 0.250. The maximum atomic E-state index is 12.5. The molecule has 0 N–H and O–H groups in total. The van der Waals surface area contributed by atoms with E-state index in [0.29, 0.717) is 5.39 Å². The number of aromatic nitrogens is 2. The average Bonchev–Trinajstić information content (AvgIpc) is 2.43. The van der Waals surface area contributed by atoms with E-state index in [4.69, 9.17) is 0 Å². The molecule has 0 aliphatic carbocycles. The average molecular weight is 254 g/mol. The highest BCUT2D eigenvalue weighted by molar-refractivity contribution is 5.77. The van der Waals surface area contributed by atoms with Crippen LogP contribution >= 0.6 is 0 Å². The van der Waals surface area contributed by atoms with Crippen LogP contribution in [0.3, 0.4) is 0 Å². The molecule has 19 heavy (non-hydrogen) atoms. The summed E-state index contributed by atoms with van der Waals surface area (Å²) in [6.07, 6.45) is 9.22. The molecule has 0 bridgehead atoms. The van der Waals surface area contributed by atoms with Gasteiger partial charge >= 0.3 is 0 Å². The fourth-order valence-corrected chi connectivity index (χ4v) is 1.99. The van der Waals surface area contributed by atoms with E-state index in [1.165, 1.54) is 0 Å². The quantitative estimate of drug-likeness (QED) is 0.784. The van der Waals surface area contributed by atoms with Crippen molar-refractivity contribution in [2.75, 3.05) is 0 Å². The molecule has 0 amide bonds. The number of fused-ring (bicyclic) bond motifs is 1. The van der Waals surface area contributed by atoms with E-state index in [9.17, 15) is 4.79 Å². The number of para-hydroxylation sites is 1. The molecule has 0 unspecified atom stereocenters. The summed E-state index contributed by atoms with van der Waals surface area (Å²) in [4.78, 5) is 17.1. The Hall–Kier alpha value is -2.16. The highest BCUT2D eigenvalue weighted by Crippen LogP contribution is 2.09. The summed E-state index contributed by atoms with van der Waals surface area (Å²) in [5.74, 6) is 0.812. The highest BCUT2D eigenvalue weighted by atomic mass is 16.1. The third kappa shape index (κ3) is 2.81. The van der Waals surface area contributed by atoms with Crippen LogP contribution in [-0.2, 0) is 6.42 Å². The maximum absolute atomic E-state index is 12.5. The summed E-state index contributed by atoms with van der Waals surface area (Å²) in [5.41, 5.74) is 0.765. The molecule has 1 heterocycles. The molecule has 0 aliphatic heterocycles. The van der Waals surface area contributed by atoms with Crippen LogP contribution in [0.15, 0.2) is 47.3 Å². The van der Waals surface area contributed by atoms with Crippen molar-refractivity contribution in [3.8, 4) is 0 Å². The molecule has 3 heteroatoms. The molecule has 0 fully saturated rings. The second kappa shape index (κ2) is 6.14. The monoisotopic (exact) mass is 254 g/mol. The van der Waals surface area contributed by atoms with Crippen molar-refractivity contribution >= 4 is 17.1 Å². The Morgan fingerprint density at radius 2 is 2.05 bits per heavy atom. The first kappa shape index (κ1) is 13.3. The lowest BCUT2D eigenvalue weighted by Gasteiger charge is -2.08. The minimum Gasteiger partial charge on any atom is -0.271 e. The van der Waals surface area contributed by atoms with E-state index in [0.717, 1.165) is 24.2 Å². The highest BCUT2D eigenvalue weighted by Gasteiger charge is 2.07. The number of nitrogens with zero attached hydrogens (tertiary/aromatic N) is 2. The van der Waals surface area contributed by atoms with Crippen LogP contribution in [0.2, 0.25) is 0 Å². The Morgan fingerprint density at radius 3 is 2.79 bits per heavy atom. The normalized spacial score (nSPS) is 11.9. The predicted octanol–water partition coefficient (Wildman–Crippen LogP) is 3.40. The molecular weight excluding hydrogens is 236 g/mol. The Kier molecular flexibility index (Phi) is 4.29. The number of hydrogen-bond donors (Lipinski definition) is 0. The molecule has 0 atom stereocenters. The van der Waals surface area contributed by atoms with E-state index >= 15 is 0 Å². The fourth-order valence-electron chi connectivity index (χ4n) is 1.99. The molecular formula is C16H18N2O. The van der Waals surface area contributed by atoms with Gasteiger partial charge in [0.1, 0.15) is 5.82 Å². The number of aryl methyl sites for hydroxylation is 1. The summed E-state index contributed by atoms with van der Waals surface area (Å²) in [6.45, 7) is 4.03. The van der Waals surface area contributed by atoms with Gasteiger partial charge in [0, 0.05) is 12.6 Å². The Bertz CT molecular complexity index is 681. The van der Waals surface area contributed by atoms with Crippen LogP contribution in [0.1, 0.15) is 26.1 Å². The zero-order valence-corrected chi connectivity index (χ0v) is 11.3. The molecule has 1 aromatic heterocycles. The van der Waals surface area contributed by atoms with E-state index in [1.54, 1.807) is 10.8 Å². The van der Waals surface area contributed by atoms with Crippen LogP contribution < -0.4 is 5.56 Å². The summed E-state index contributed by atoms with van der Waals surface area (Å²) < 4.78 is 1.64. The third-order valence-corrected chi connectivity index (χ3v) is 2.89. The Morgan fingerprint density at radius 1 is 1.26 bits per heavy atom. The maximum Gasteiger partial charge on any atom is 0.265 e. The van der Waals surface area contributed by atoms with Gasteiger partial charge in [-0.15, -0.1) is 0 Å². The van der Waals surface area contributed by atoms with Gasteiger partial charge < -0.3 is 0 Å². The molecule has 98 valence electrons. The van der Waals surface area contributed by atoms with Gasteiger partial charge in [-0.2, -0.15) is 0 Å². The van der Waals surface area contributed by atoms with E-state index in [-0.39, 0.29) is 5.56 Å². The zero-order valence-electron chi connectivity index (χ0n) is 11.3. The van der Waals surface area contributed by atoms with Crippen LogP contribution in [-0.4, -0.2) is 9.55 Å². The Balaban J connectivity index is 2.67. The standard InChI is InChI=1S/C16H18N2O/c1-3-5-8-12-18-15(9-4-2)17-14-11-7-6-10-13(14)16(18)19/h3,5-8,10-12H,4,9H2,1-2H3/b5-3-,12-8+. The lowest BCUT2D eigenvalue weighted by atomic mass is 10.2. The second-order valence-corrected chi connectivity index (χ2v) is 4.34. The van der Waals surface area contributed by atoms with Gasteiger partial charge in [-0.05, 0) is 31.6 Å². The van der Waals surface area contributed by atoms with Crippen molar-refractivity contribution < 1.29 is 0 Å². The summed E-state index contributed by atoms with van der Waals surface area (Å²) in [6, 6.07) is 7.48. The Labute approximate surface area is 112 Å². The van der Waals surface area contributed by atoms with E-state index < -0.39 is 0 Å². The smallest absolute Gasteiger partial charge is 0.265 e. The second-order valence-electron chi connectivity index (χ2n) is 4.34. The number of hydrogen-bond acceptors (Lipinski definition) is 2. The lowest BCUT2D eigenvalue weighted by molar-refractivity contribution is 0.794. The third-order valence-electron chi connectivity index (χ3n) is 2.89. The minimum atomic E-state index is -0.00481. The van der Waals surface area contributed by atoms with Crippen LogP contribution in [0, 0.1) is 0 Å². The molecule has 0 aliphatic rings. The van der Waals surface area contributed by atoms with Crippen molar-refractivity contribution in [2.24, 2.45) is 0 Å². The van der Waals surface area contributed by atoms with Crippen LogP contribution in [0.25, 0.3) is 17.1 Å². The molecule has 1 aromatic carbocycles. The number of rotatable bonds is 4. The first-order chi connectivity index (χ1) is 9.27. The van der Waals surface area contributed by atoms with Crippen molar-refractivity contribution in [1.29, 1.82) is 0 Å². The number of allylic oxidation sites excluding steroid dienone is 3.